The largest absolute Gasteiger partial charge is 0.397 e. The van der Waals surface area contributed by atoms with Gasteiger partial charge in [0.05, 0.1) is 6.04 Å². The highest BCUT2D eigenvalue weighted by Gasteiger charge is 2.19. The zero-order valence-corrected chi connectivity index (χ0v) is 11.5. The Labute approximate surface area is 113 Å². The third-order valence-corrected chi connectivity index (χ3v) is 3.40. The summed E-state index contributed by atoms with van der Waals surface area (Å²) in [6.07, 6.45) is 1.62. The highest BCUT2D eigenvalue weighted by atomic mass is 16.2. The quantitative estimate of drug-likeness (QED) is 0.888. The lowest BCUT2D eigenvalue weighted by Gasteiger charge is -2.25. The number of carbonyl (C=O) groups excluding carboxylic acids is 1. The van der Waals surface area contributed by atoms with Gasteiger partial charge in [0.25, 0.3) is 5.91 Å². The second-order valence-corrected chi connectivity index (χ2v) is 4.85. The van der Waals surface area contributed by atoms with Crippen molar-refractivity contribution in [3.63, 3.8) is 0 Å². The maximum atomic E-state index is 12.3. The van der Waals surface area contributed by atoms with Gasteiger partial charge in [-0.1, -0.05) is 29.8 Å². The Morgan fingerprint density at radius 1 is 1.32 bits per heavy atom. The molecule has 0 aliphatic heterocycles. The number of hydrogen-bond acceptors (Lipinski definition) is 2. The van der Waals surface area contributed by atoms with Crippen LogP contribution in [0, 0.1) is 6.92 Å². The van der Waals surface area contributed by atoms with E-state index in [-0.39, 0.29) is 11.9 Å². The Kier molecular flexibility index (Phi) is 3.60. The predicted octanol–water partition coefficient (Wildman–Crippen LogP) is 2.74. The van der Waals surface area contributed by atoms with Crippen LogP contribution in [0.4, 0.5) is 5.69 Å². The van der Waals surface area contributed by atoms with E-state index in [9.17, 15) is 4.79 Å². The second kappa shape index (κ2) is 5.18. The Morgan fingerprint density at radius 3 is 2.47 bits per heavy atom. The number of hydrogen-bond donors (Lipinski definition) is 2. The Morgan fingerprint density at radius 2 is 1.95 bits per heavy atom. The number of nitrogens with two attached hydrogens (primary N) is 1. The van der Waals surface area contributed by atoms with Crippen LogP contribution in [0.1, 0.15) is 34.6 Å². The summed E-state index contributed by atoms with van der Waals surface area (Å²) in [5.41, 5.74) is 9.02. The third kappa shape index (κ3) is 2.78. The summed E-state index contributed by atoms with van der Waals surface area (Å²) in [7, 11) is 1.80. The van der Waals surface area contributed by atoms with E-state index >= 15 is 0 Å². The van der Waals surface area contributed by atoms with E-state index in [0.29, 0.717) is 11.4 Å². The topological polar surface area (TPSA) is 62.1 Å². The monoisotopic (exact) mass is 257 g/mol. The molecule has 100 valence electrons. The average molecular weight is 257 g/mol. The highest BCUT2D eigenvalue weighted by molar-refractivity contribution is 5.93. The molecule has 0 saturated carbocycles. The van der Waals surface area contributed by atoms with Gasteiger partial charge in [0.2, 0.25) is 0 Å². The van der Waals surface area contributed by atoms with Gasteiger partial charge in [0, 0.05) is 18.9 Å². The number of nitrogen functional groups attached to an aromatic ring is 1. The number of carbonyl (C=O) groups is 1. The summed E-state index contributed by atoms with van der Waals surface area (Å²) < 4.78 is 0. The van der Waals surface area contributed by atoms with Crippen molar-refractivity contribution in [2.24, 2.45) is 0 Å². The summed E-state index contributed by atoms with van der Waals surface area (Å²) >= 11 is 0. The van der Waals surface area contributed by atoms with E-state index in [0.717, 1.165) is 5.56 Å². The van der Waals surface area contributed by atoms with E-state index in [1.54, 1.807) is 24.2 Å². The van der Waals surface area contributed by atoms with E-state index in [4.69, 9.17) is 5.73 Å². The van der Waals surface area contributed by atoms with Crippen molar-refractivity contribution in [1.82, 2.24) is 9.88 Å². The normalized spacial score (nSPS) is 12.2. The van der Waals surface area contributed by atoms with Gasteiger partial charge in [-0.2, -0.15) is 0 Å². The summed E-state index contributed by atoms with van der Waals surface area (Å²) in [6, 6.07) is 9.87. The number of amides is 1. The molecule has 0 fully saturated rings. The number of nitrogens with one attached hydrogen (secondary N) is 1. The zero-order valence-electron chi connectivity index (χ0n) is 11.5. The van der Waals surface area contributed by atoms with Crippen LogP contribution in [0.15, 0.2) is 36.5 Å². The molecule has 0 aliphatic carbocycles. The van der Waals surface area contributed by atoms with Crippen LogP contribution >= 0.6 is 0 Å². The van der Waals surface area contributed by atoms with E-state index < -0.39 is 0 Å². The van der Waals surface area contributed by atoms with Gasteiger partial charge in [-0.25, -0.2) is 0 Å². The van der Waals surface area contributed by atoms with Gasteiger partial charge in [-0.05, 0) is 25.5 Å². The first-order valence-electron chi connectivity index (χ1n) is 6.26. The number of aryl methyl sites for hydroxylation is 1. The first-order valence-corrected chi connectivity index (χ1v) is 6.26. The van der Waals surface area contributed by atoms with Gasteiger partial charge < -0.3 is 15.6 Å². The number of anilines is 1. The molecule has 0 saturated heterocycles. The van der Waals surface area contributed by atoms with Gasteiger partial charge in [0.15, 0.2) is 0 Å². The minimum atomic E-state index is -0.0650. The van der Waals surface area contributed by atoms with Crippen LogP contribution in [0.25, 0.3) is 0 Å². The molecule has 4 nitrogen and oxygen atoms in total. The van der Waals surface area contributed by atoms with Crippen molar-refractivity contribution in [2.45, 2.75) is 19.9 Å². The van der Waals surface area contributed by atoms with Gasteiger partial charge in [0.1, 0.15) is 5.69 Å². The van der Waals surface area contributed by atoms with Crippen LogP contribution in [0.3, 0.4) is 0 Å². The summed E-state index contributed by atoms with van der Waals surface area (Å²) in [5.74, 6) is -0.0650. The fourth-order valence-electron chi connectivity index (χ4n) is 1.97. The lowest BCUT2D eigenvalue weighted by Crippen LogP contribution is -2.29. The number of H-pyrrole nitrogens is 1. The first kappa shape index (κ1) is 13.2. The molecule has 0 radical (unpaired) electrons. The van der Waals surface area contributed by atoms with Crippen LogP contribution in [-0.2, 0) is 0 Å². The molecule has 1 unspecified atom stereocenters. The standard InChI is InChI=1S/C15H19N3O/c1-10-4-6-12(7-5-10)11(2)18(3)15(19)14-8-13(16)9-17-14/h4-9,11,17H,16H2,1-3H3. The third-order valence-electron chi connectivity index (χ3n) is 3.40. The number of nitrogens with zero attached hydrogens (tertiary/aromatic N) is 1. The van der Waals surface area contributed by atoms with Gasteiger partial charge >= 0.3 is 0 Å². The molecule has 19 heavy (non-hydrogen) atoms. The minimum absolute atomic E-state index is 0.0117. The fraction of sp³-hybridized carbons (Fsp3) is 0.267. The fourth-order valence-corrected chi connectivity index (χ4v) is 1.97. The van der Waals surface area contributed by atoms with Crippen LogP contribution in [0.2, 0.25) is 0 Å². The number of aromatic amines is 1. The van der Waals surface area contributed by atoms with Gasteiger partial charge in [-0.15, -0.1) is 0 Å². The smallest absolute Gasteiger partial charge is 0.270 e. The SMILES string of the molecule is Cc1ccc(C(C)N(C)C(=O)c2cc(N)c[nH]2)cc1. The Hall–Kier alpha value is -2.23. The predicted molar refractivity (Wildman–Crippen MR) is 76.9 cm³/mol. The molecule has 1 amide bonds. The Balaban J connectivity index is 2.16. The summed E-state index contributed by atoms with van der Waals surface area (Å²) in [5, 5.41) is 0. The summed E-state index contributed by atoms with van der Waals surface area (Å²) in [4.78, 5) is 16.9. The average Bonchev–Trinajstić information content (AvgIpc) is 2.84. The minimum Gasteiger partial charge on any atom is -0.397 e. The molecule has 4 heteroatoms. The lowest BCUT2D eigenvalue weighted by atomic mass is 10.1. The molecule has 1 aromatic carbocycles. The van der Waals surface area contributed by atoms with Crippen molar-refractivity contribution >= 4 is 11.6 Å². The van der Waals surface area contributed by atoms with Crippen molar-refractivity contribution in [3.8, 4) is 0 Å². The molecular weight excluding hydrogens is 238 g/mol. The zero-order chi connectivity index (χ0) is 14.0. The molecule has 0 spiro atoms. The number of benzene rings is 1. The van der Waals surface area contributed by atoms with Crippen molar-refractivity contribution in [2.75, 3.05) is 12.8 Å². The highest BCUT2D eigenvalue weighted by Crippen LogP contribution is 2.21. The number of aromatic nitrogens is 1. The van der Waals surface area contributed by atoms with E-state index in [2.05, 4.69) is 17.1 Å². The van der Waals surface area contributed by atoms with E-state index in [1.807, 2.05) is 26.0 Å². The molecular formula is C15H19N3O. The molecule has 1 heterocycles. The molecule has 3 N–H and O–H groups in total. The molecule has 1 aromatic heterocycles. The van der Waals surface area contributed by atoms with Crippen LogP contribution in [-0.4, -0.2) is 22.8 Å². The molecule has 0 bridgehead atoms. The summed E-state index contributed by atoms with van der Waals surface area (Å²) in [6.45, 7) is 4.06. The first-order chi connectivity index (χ1) is 8.99. The van der Waals surface area contributed by atoms with Crippen LogP contribution in [0.5, 0.6) is 0 Å². The van der Waals surface area contributed by atoms with Gasteiger partial charge in [-0.3, -0.25) is 4.79 Å². The van der Waals surface area contributed by atoms with Crippen molar-refractivity contribution < 1.29 is 4.79 Å². The maximum absolute atomic E-state index is 12.3. The number of rotatable bonds is 3. The lowest BCUT2D eigenvalue weighted by molar-refractivity contribution is 0.0737. The van der Waals surface area contributed by atoms with Crippen molar-refractivity contribution in [3.05, 3.63) is 53.3 Å². The maximum Gasteiger partial charge on any atom is 0.270 e. The Bertz CT molecular complexity index is 571. The van der Waals surface area contributed by atoms with Crippen molar-refractivity contribution in [1.29, 1.82) is 0 Å². The second-order valence-electron chi connectivity index (χ2n) is 4.85. The van der Waals surface area contributed by atoms with E-state index in [1.165, 1.54) is 5.56 Å². The van der Waals surface area contributed by atoms with Crippen LogP contribution < -0.4 is 5.73 Å². The molecule has 2 aromatic rings. The molecule has 0 aliphatic rings. The molecule has 1 atom stereocenters. The molecule has 2 rings (SSSR count).